The van der Waals surface area contributed by atoms with Gasteiger partial charge in [0.05, 0.1) is 18.1 Å². The molecule has 1 aliphatic heterocycles. The molecule has 0 spiro atoms. The second kappa shape index (κ2) is 8.29. The van der Waals surface area contributed by atoms with Gasteiger partial charge in [-0.3, -0.25) is 9.69 Å². The lowest BCUT2D eigenvalue weighted by molar-refractivity contribution is -0.133. The van der Waals surface area contributed by atoms with Crippen LogP contribution in [-0.4, -0.2) is 53.6 Å². The molecule has 1 heterocycles. The lowest BCUT2D eigenvalue weighted by Crippen LogP contribution is -2.41. The Morgan fingerprint density at radius 1 is 0.968 bits per heavy atom. The first-order chi connectivity index (χ1) is 15.1. The van der Waals surface area contributed by atoms with E-state index in [1.54, 1.807) is 0 Å². The van der Waals surface area contributed by atoms with Crippen LogP contribution in [0, 0.1) is 0 Å². The number of carbonyl (C=O) groups excluding carboxylic acids is 1. The van der Waals surface area contributed by atoms with E-state index in [0.717, 1.165) is 47.3 Å². The van der Waals surface area contributed by atoms with Crippen LogP contribution in [-0.2, 0) is 4.79 Å². The van der Waals surface area contributed by atoms with E-state index in [4.69, 9.17) is 0 Å². The molecule has 0 unspecified atom stereocenters. The Kier molecular flexibility index (Phi) is 5.34. The third kappa shape index (κ3) is 3.67. The number of nitrogens with zero attached hydrogens (tertiary/aromatic N) is 2. The lowest BCUT2D eigenvalue weighted by atomic mass is 9.94. The van der Waals surface area contributed by atoms with Crippen molar-refractivity contribution in [3.8, 4) is 11.1 Å². The Balaban J connectivity index is 1.49. The van der Waals surface area contributed by atoms with Crippen molar-refractivity contribution >= 4 is 5.91 Å². The molecule has 4 nitrogen and oxygen atoms in total. The van der Waals surface area contributed by atoms with Crippen LogP contribution in [0.5, 0.6) is 0 Å². The molecule has 1 N–H and O–H groups in total. The number of aliphatic hydroxyl groups excluding tert-OH is 1. The van der Waals surface area contributed by atoms with Gasteiger partial charge in [0.2, 0.25) is 5.91 Å². The molecule has 5 rings (SSSR count). The number of hydrogen-bond donors (Lipinski definition) is 1. The molecule has 31 heavy (non-hydrogen) atoms. The first kappa shape index (κ1) is 20.0. The first-order valence-corrected chi connectivity index (χ1v) is 11.0. The van der Waals surface area contributed by atoms with Crippen molar-refractivity contribution < 1.29 is 9.90 Å². The summed E-state index contributed by atoms with van der Waals surface area (Å²) in [4.78, 5) is 18.2. The molecule has 1 aliphatic carbocycles. The SMILES string of the molecule is CN(C(=O)C1c2ccccc2-c2ccccc21)[C@H](CN1CC[C@H](O)C1)c1ccccc1. The fourth-order valence-corrected chi connectivity index (χ4v) is 5.13. The number of rotatable bonds is 5. The van der Waals surface area contributed by atoms with E-state index in [0.29, 0.717) is 6.54 Å². The minimum atomic E-state index is -0.284. The predicted octanol–water partition coefficient (Wildman–Crippen LogP) is 4.07. The van der Waals surface area contributed by atoms with Gasteiger partial charge in [0, 0.05) is 26.7 Å². The van der Waals surface area contributed by atoms with Crippen LogP contribution in [0.2, 0.25) is 0 Å². The van der Waals surface area contributed by atoms with Gasteiger partial charge in [-0.15, -0.1) is 0 Å². The number of amides is 1. The third-order valence-corrected chi connectivity index (χ3v) is 6.76. The van der Waals surface area contributed by atoms with Gasteiger partial charge >= 0.3 is 0 Å². The standard InChI is InChI=1S/C27H28N2O2/c1-28(25(19-9-3-2-4-10-19)18-29-16-15-20(30)17-29)27(31)26-23-13-7-5-11-21(23)22-12-6-8-14-24(22)26/h2-14,20,25-26,30H,15-18H2,1H3/t20-,25+/m0/s1. The van der Waals surface area contributed by atoms with Crippen LogP contribution in [0.25, 0.3) is 11.1 Å². The third-order valence-electron chi connectivity index (χ3n) is 6.76. The first-order valence-electron chi connectivity index (χ1n) is 11.0. The Hall–Kier alpha value is -2.95. The highest BCUT2D eigenvalue weighted by Crippen LogP contribution is 2.45. The zero-order valence-electron chi connectivity index (χ0n) is 17.8. The largest absolute Gasteiger partial charge is 0.392 e. The molecule has 2 aliphatic rings. The summed E-state index contributed by atoms with van der Waals surface area (Å²) in [5, 5.41) is 10.00. The minimum absolute atomic E-state index is 0.0704. The Labute approximate surface area is 183 Å². The molecular weight excluding hydrogens is 384 g/mol. The van der Waals surface area contributed by atoms with Crippen LogP contribution in [0.15, 0.2) is 78.9 Å². The molecular formula is C27H28N2O2. The second-order valence-electron chi connectivity index (χ2n) is 8.69. The topological polar surface area (TPSA) is 43.8 Å². The normalized spacial score (nSPS) is 19.1. The maximum absolute atomic E-state index is 14.0. The smallest absolute Gasteiger partial charge is 0.234 e. The van der Waals surface area contributed by atoms with Crippen molar-refractivity contribution in [3.63, 3.8) is 0 Å². The maximum Gasteiger partial charge on any atom is 0.234 e. The molecule has 1 amide bonds. The highest BCUT2D eigenvalue weighted by molar-refractivity contribution is 5.96. The Morgan fingerprint density at radius 3 is 2.13 bits per heavy atom. The summed E-state index contributed by atoms with van der Waals surface area (Å²) >= 11 is 0. The molecule has 0 radical (unpaired) electrons. The van der Waals surface area contributed by atoms with Gasteiger partial charge in [0.15, 0.2) is 0 Å². The molecule has 1 saturated heterocycles. The van der Waals surface area contributed by atoms with Crippen LogP contribution >= 0.6 is 0 Å². The summed E-state index contributed by atoms with van der Waals surface area (Å²) in [5.74, 6) is -0.168. The number of aliphatic hydroxyl groups is 1. The fourth-order valence-electron chi connectivity index (χ4n) is 5.13. The number of benzene rings is 3. The van der Waals surface area contributed by atoms with Crippen LogP contribution in [0.4, 0.5) is 0 Å². The van der Waals surface area contributed by atoms with E-state index in [9.17, 15) is 9.90 Å². The molecule has 0 saturated carbocycles. The predicted molar refractivity (Wildman–Crippen MR) is 123 cm³/mol. The van der Waals surface area contributed by atoms with E-state index in [1.807, 2.05) is 54.4 Å². The molecule has 3 aromatic carbocycles. The zero-order valence-corrected chi connectivity index (χ0v) is 17.8. The molecule has 0 bridgehead atoms. The number of carbonyl (C=O) groups is 1. The van der Waals surface area contributed by atoms with E-state index in [2.05, 4.69) is 41.3 Å². The molecule has 0 aromatic heterocycles. The molecule has 3 aromatic rings. The van der Waals surface area contributed by atoms with Gasteiger partial charge in [0.1, 0.15) is 0 Å². The van der Waals surface area contributed by atoms with Crippen molar-refractivity contribution in [3.05, 3.63) is 95.6 Å². The summed E-state index contributed by atoms with van der Waals surface area (Å²) in [6.07, 6.45) is 0.522. The van der Waals surface area contributed by atoms with Crippen LogP contribution in [0.3, 0.4) is 0 Å². The summed E-state index contributed by atoms with van der Waals surface area (Å²) in [5.41, 5.74) is 5.61. The summed E-state index contributed by atoms with van der Waals surface area (Å²) in [6.45, 7) is 2.25. The zero-order chi connectivity index (χ0) is 21.4. The highest BCUT2D eigenvalue weighted by atomic mass is 16.3. The fraction of sp³-hybridized carbons (Fsp3) is 0.296. The quantitative estimate of drug-likeness (QED) is 0.687. The molecule has 2 atom stereocenters. The highest BCUT2D eigenvalue weighted by Gasteiger charge is 2.37. The van der Waals surface area contributed by atoms with Crippen molar-refractivity contribution in [1.82, 2.24) is 9.80 Å². The van der Waals surface area contributed by atoms with Crippen molar-refractivity contribution in [2.75, 3.05) is 26.7 Å². The summed E-state index contributed by atoms with van der Waals surface area (Å²) in [6, 6.07) is 26.7. The van der Waals surface area contributed by atoms with Gasteiger partial charge < -0.3 is 10.0 Å². The number of β-amino-alcohol motifs (C(OH)–C–C–N with tert-alkyl or cyclic N) is 1. The summed E-state index contributed by atoms with van der Waals surface area (Å²) in [7, 11) is 1.93. The number of hydrogen-bond acceptors (Lipinski definition) is 3. The van der Waals surface area contributed by atoms with E-state index in [1.165, 1.54) is 0 Å². The van der Waals surface area contributed by atoms with Gasteiger partial charge in [0.25, 0.3) is 0 Å². The van der Waals surface area contributed by atoms with Gasteiger partial charge in [-0.1, -0.05) is 78.9 Å². The number of likely N-dealkylation sites (N-methyl/N-ethyl adjacent to an activating group) is 1. The average molecular weight is 413 g/mol. The van der Waals surface area contributed by atoms with Crippen molar-refractivity contribution in [2.45, 2.75) is 24.5 Å². The van der Waals surface area contributed by atoms with E-state index >= 15 is 0 Å². The lowest BCUT2D eigenvalue weighted by Gasteiger charge is -2.34. The summed E-state index contributed by atoms with van der Waals surface area (Å²) < 4.78 is 0. The van der Waals surface area contributed by atoms with Crippen LogP contribution < -0.4 is 0 Å². The van der Waals surface area contributed by atoms with Crippen molar-refractivity contribution in [2.24, 2.45) is 0 Å². The van der Waals surface area contributed by atoms with Gasteiger partial charge in [-0.2, -0.15) is 0 Å². The Morgan fingerprint density at radius 2 is 1.55 bits per heavy atom. The molecule has 1 fully saturated rings. The number of fused-ring (bicyclic) bond motifs is 3. The number of likely N-dealkylation sites (tertiary alicyclic amines) is 1. The second-order valence-corrected chi connectivity index (χ2v) is 8.69. The van der Waals surface area contributed by atoms with E-state index < -0.39 is 0 Å². The average Bonchev–Trinajstić information content (AvgIpc) is 3.38. The minimum Gasteiger partial charge on any atom is -0.392 e. The Bertz CT molecular complexity index is 1040. The van der Waals surface area contributed by atoms with Crippen LogP contribution in [0.1, 0.15) is 35.1 Å². The maximum atomic E-state index is 14.0. The molecule has 4 heteroatoms. The van der Waals surface area contributed by atoms with Crippen molar-refractivity contribution in [1.29, 1.82) is 0 Å². The molecule has 158 valence electrons. The van der Waals surface area contributed by atoms with E-state index in [-0.39, 0.29) is 24.0 Å². The van der Waals surface area contributed by atoms with Gasteiger partial charge in [-0.25, -0.2) is 0 Å². The monoisotopic (exact) mass is 412 g/mol. The van der Waals surface area contributed by atoms with Gasteiger partial charge in [-0.05, 0) is 34.2 Å².